The molecule has 0 fully saturated rings. The molecule has 15 heavy (non-hydrogen) atoms. The van der Waals surface area contributed by atoms with Crippen LogP contribution in [0, 0.1) is 5.41 Å². The number of rotatable bonds is 4. The molecule has 0 bridgehead atoms. The SMILES string of the molecule is CCOC(=N)CCc1ccc(Br)cc1.Cl. The average molecular weight is 293 g/mol. The molecule has 4 heteroatoms. The Hall–Kier alpha value is -0.540. The first-order valence-electron chi connectivity index (χ1n) is 4.67. The molecule has 1 rings (SSSR count). The zero-order valence-electron chi connectivity index (χ0n) is 8.63. The van der Waals surface area contributed by atoms with Crippen molar-refractivity contribution in [2.24, 2.45) is 0 Å². The summed E-state index contributed by atoms with van der Waals surface area (Å²) in [4.78, 5) is 0. The second-order valence-corrected chi connectivity index (χ2v) is 3.90. The highest BCUT2D eigenvalue weighted by molar-refractivity contribution is 9.10. The molecule has 2 nitrogen and oxygen atoms in total. The smallest absolute Gasteiger partial charge is 0.180 e. The lowest BCUT2D eigenvalue weighted by molar-refractivity contribution is 0.314. The van der Waals surface area contributed by atoms with Crippen molar-refractivity contribution < 1.29 is 4.74 Å². The molecule has 0 saturated heterocycles. The van der Waals surface area contributed by atoms with Crippen molar-refractivity contribution in [1.82, 2.24) is 0 Å². The van der Waals surface area contributed by atoms with Crippen molar-refractivity contribution in [2.75, 3.05) is 6.61 Å². The molecule has 0 unspecified atom stereocenters. The van der Waals surface area contributed by atoms with Crippen LogP contribution in [0.3, 0.4) is 0 Å². The Morgan fingerprint density at radius 3 is 2.47 bits per heavy atom. The van der Waals surface area contributed by atoms with Gasteiger partial charge in [-0.2, -0.15) is 0 Å². The molecule has 0 atom stereocenters. The van der Waals surface area contributed by atoms with E-state index in [9.17, 15) is 0 Å². The van der Waals surface area contributed by atoms with E-state index in [1.807, 2.05) is 19.1 Å². The summed E-state index contributed by atoms with van der Waals surface area (Å²) in [7, 11) is 0. The summed E-state index contributed by atoms with van der Waals surface area (Å²) in [5.41, 5.74) is 1.23. The first-order valence-corrected chi connectivity index (χ1v) is 5.46. The van der Waals surface area contributed by atoms with E-state index in [1.165, 1.54) is 5.56 Å². The van der Waals surface area contributed by atoms with Gasteiger partial charge in [-0.15, -0.1) is 12.4 Å². The van der Waals surface area contributed by atoms with E-state index >= 15 is 0 Å². The molecular formula is C11H15BrClNO. The Kier molecular flexibility index (Phi) is 7.44. The Morgan fingerprint density at radius 2 is 1.93 bits per heavy atom. The summed E-state index contributed by atoms with van der Waals surface area (Å²) in [5, 5.41) is 7.45. The van der Waals surface area contributed by atoms with Gasteiger partial charge in [0.25, 0.3) is 0 Å². The molecule has 1 aromatic rings. The number of hydrogen-bond donors (Lipinski definition) is 1. The van der Waals surface area contributed by atoms with Gasteiger partial charge < -0.3 is 4.74 Å². The minimum atomic E-state index is 0. The van der Waals surface area contributed by atoms with E-state index in [4.69, 9.17) is 10.1 Å². The summed E-state index contributed by atoms with van der Waals surface area (Å²) in [6, 6.07) is 8.14. The second kappa shape index (κ2) is 7.71. The molecule has 0 spiro atoms. The maximum Gasteiger partial charge on any atom is 0.180 e. The van der Waals surface area contributed by atoms with Crippen LogP contribution < -0.4 is 0 Å². The minimum absolute atomic E-state index is 0. The van der Waals surface area contributed by atoms with Crippen LogP contribution in [0.4, 0.5) is 0 Å². The fourth-order valence-corrected chi connectivity index (χ4v) is 1.42. The van der Waals surface area contributed by atoms with Crippen molar-refractivity contribution in [2.45, 2.75) is 19.8 Å². The summed E-state index contributed by atoms with van der Waals surface area (Å²) in [5.74, 6) is 0.371. The van der Waals surface area contributed by atoms with Gasteiger partial charge in [0, 0.05) is 10.9 Å². The van der Waals surface area contributed by atoms with E-state index in [0.717, 1.165) is 10.9 Å². The molecule has 0 amide bonds. The molecule has 1 aromatic carbocycles. The van der Waals surface area contributed by atoms with Gasteiger partial charge in [0.05, 0.1) is 6.61 Å². The standard InChI is InChI=1S/C11H14BrNO.ClH/c1-2-14-11(13)8-5-9-3-6-10(12)7-4-9;/h3-4,6-7,13H,2,5,8H2,1H3;1H. The normalized spacial score (nSPS) is 9.20. The van der Waals surface area contributed by atoms with Gasteiger partial charge in [0.1, 0.15) is 0 Å². The largest absolute Gasteiger partial charge is 0.481 e. The lowest BCUT2D eigenvalue weighted by Crippen LogP contribution is -2.04. The van der Waals surface area contributed by atoms with Crippen LogP contribution in [0.1, 0.15) is 18.9 Å². The fourth-order valence-electron chi connectivity index (χ4n) is 1.16. The third-order valence-corrected chi connectivity index (χ3v) is 2.40. The molecule has 0 aromatic heterocycles. The summed E-state index contributed by atoms with van der Waals surface area (Å²) >= 11 is 3.38. The molecule has 0 saturated carbocycles. The van der Waals surface area contributed by atoms with Crippen molar-refractivity contribution in [1.29, 1.82) is 5.41 Å². The number of hydrogen-bond acceptors (Lipinski definition) is 2. The topological polar surface area (TPSA) is 33.1 Å². The Bertz CT molecular complexity index is 300. The van der Waals surface area contributed by atoms with E-state index in [2.05, 4.69) is 28.1 Å². The maximum atomic E-state index is 7.45. The lowest BCUT2D eigenvalue weighted by atomic mass is 10.1. The van der Waals surface area contributed by atoms with Crippen molar-refractivity contribution >= 4 is 34.2 Å². The Labute approximate surface area is 105 Å². The highest BCUT2D eigenvalue weighted by Gasteiger charge is 1.98. The molecule has 1 N–H and O–H groups in total. The monoisotopic (exact) mass is 291 g/mol. The van der Waals surface area contributed by atoms with Crippen molar-refractivity contribution in [3.8, 4) is 0 Å². The zero-order valence-corrected chi connectivity index (χ0v) is 11.0. The number of halogens is 2. The molecule has 0 radical (unpaired) electrons. The third-order valence-electron chi connectivity index (χ3n) is 1.87. The third kappa shape index (κ3) is 5.80. The van der Waals surface area contributed by atoms with Crippen LogP contribution in [0.15, 0.2) is 28.7 Å². The van der Waals surface area contributed by atoms with Gasteiger partial charge in [0.15, 0.2) is 5.90 Å². The quantitative estimate of drug-likeness (QED) is 0.664. The van der Waals surface area contributed by atoms with Gasteiger partial charge in [0.2, 0.25) is 0 Å². The van der Waals surface area contributed by atoms with Crippen LogP contribution in [-0.4, -0.2) is 12.5 Å². The molecular weight excluding hydrogens is 277 g/mol. The van der Waals surface area contributed by atoms with Crippen LogP contribution in [0.5, 0.6) is 0 Å². The van der Waals surface area contributed by atoms with Crippen LogP contribution >= 0.6 is 28.3 Å². The van der Waals surface area contributed by atoms with E-state index in [-0.39, 0.29) is 12.4 Å². The van der Waals surface area contributed by atoms with Gasteiger partial charge in [-0.05, 0) is 31.0 Å². The number of ether oxygens (including phenoxy) is 1. The molecule has 0 heterocycles. The molecule has 0 aliphatic carbocycles. The highest BCUT2D eigenvalue weighted by atomic mass is 79.9. The van der Waals surface area contributed by atoms with Gasteiger partial charge >= 0.3 is 0 Å². The predicted molar refractivity (Wildman–Crippen MR) is 69.1 cm³/mol. The average Bonchev–Trinajstić information content (AvgIpc) is 2.17. The van der Waals surface area contributed by atoms with Crippen LogP contribution in [0.2, 0.25) is 0 Å². The number of benzene rings is 1. The van der Waals surface area contributed by atoms with Gasteiger partial charge in [-0.1, -0.05) is 28.1 Å². The first kappa shape index (κ1) is 14.5. The lowest BCUT2D eigenvalue weighted by Gasteiger charge is -2.04. The maximum absolute atomic E-state index is 7.45. The molecule has 0 aliphatic heterocycles. The van der Waals surface area contributed by atoms with E-state index in [0.29, 0.717) is 18.9 Å². The highest BCUT2D eigenvalue weighted by Crippen LogP contribution is 2.11. The Morgan fingerprint density at radius 1 is 1.33 bits per heavy atom. The number of nitrogens with one attached hydrogen (secondary N) is 1. The van der Waals surface area contributed by atoms with E-state index < -0.39 is 0 Å². The fraction of sp³-hybridized carbons (Fsp3) is 0.364. The molecule has 0 aliphatic rings. The predicted octanol–water partition coefficient (Wildman–Crippen LogP) is 3.82. The van der Waals surface area contributed by atoms with Gasteiger partial charge in [-0.25, -0.2) is 0 Å². The second-order valence-electron chi connectivity index (χ2n) is 2.98. The van der Waals surface area contributed by atoms with E-state index in [1.54, 1.807) is 0 Å². The van der Waals surface area contributed by atoms with Crippen LogP contribution in [-0.2, 0) is 11.2 Å². The van der Waals surface area contributed by atoms with Crippen LogP contribution in [0.25, 0.3) is 0 Å². The summed E-state index contributed by atoms with van der Waals surface area (Å²) in [6.45, 7) is 2.48. The van der Waals surface area contributed by atoms with Gasteiger partial charge in [-0.3, -0.25) is 5.41 Å². The Balaban J connectivity index is 0.00000196. The van der Waals surface area contributed by atoms with Crippen molar-refractivity contribution in [3.05, 3.63) is 34.3 Å². The number of aryl methyl sites for hydroxylation is 1. The molecule has 84 valence electrons. The minimum Gasteiger partial charge on any atom is -0.481 e. The van der Waals surface area contributed by atoms with Crippen molar-refractivity contribution in [3.63, 3.8) is 0 Å². The first-order chi connectivity index (χ1) is 6.72. The zero-order chi connectivity index (χ0) is 10.4. The summed E-state index contributed by atoms with van der Waals surface area (Å²) < 4.78 is 6.15. The summed E-state index contributed by atoms with van der Waals surface area (Å²) in [6.07, 6.45) is 1.54.